The van der Waals surface area contributed by atoms with Crippen molar-refractivity contribution in [2.24, 2.45) is 5.92 Å². The minimum Gasteiger partial charge on any atom is -0.0742 e. The van der Waals surface area contributed by atoms with Crippen molar-refractivity contribution >= 4 is 26.7 Å². The molecule has 1 unspecified atom stereocenters. The van der Waals surface area contributed by atoms with Crippen LogP contribution in [0.1, 0.15) is 31.7 Å². The molecular weight excluding hydrogens is 296 g/mol. The molecule has 100 valence electrons. The molecule has 0 fully saturated rings. The lowest BCUT2D eigenvalue weighted by atomic mass is 9.91. The number of allylic oxidation sites excluding steroid dienone is 1. The Bertz CT molecular complexity index is 537. The lowest BCUT2D eigenvalue weighted by Crippen LogP contribution is -2.02. The van der Waals surface area contributed by atoms with Gasteiger partial charge in [0.05, 0.1) is 0 Å². The number of halogens is 1. The van der Waals surface area contributed by atoms with Crippen LogP contribution in [0.2, 0.25) is 0 Å². The van der Waals surface area contributed by atoms with Crippen LogP contribution >= 0.6 is 15.9 Å². The molecule has 0 aliphatic rings. The van der Waals surface area contributed by atoms with E-state index in [2.05, 4.69) is 71.4 Å². The first-order chi connectivity index (χ1) is 9.35. The van der Waals surface area contributed by atoms with Gasteiger partial charge in [-0.2, -0.15) is 0 Å². The van der Waals surface area contributed by atoms with Gasteiger partial charge in [-0.05, 0) is 40.1 Å². The first-order valence-electron chi connectivity index (χ1n) is 7.08. The van der Waals surface area contributed by atoms with E-state index in [1.165, 1.54) is 35.6 Å². The standard InChI is InChI=1S/C18H21Br/c1-2-3-7-15(12-13-19)14-17-10-6-9-16-8-4-5-11-18(16)17/h4-6,8-13,15H,2-3,7,14H2,1H3. The molecule has 2 aromatic carbocycles. The average Bonchev–Trinajstić information content (AvgIpc) is 2.45. The lowest BCUT2D eigenvalue weighted by molar-refractivity contribution is 0.554. The maximum Gasteiger partial charge on any atom is -0.0152 e. The summed E-state index contributed by atoms with van der Waals surface area (Å²) in [5, 5.41) is 2.74. The molecule has 1 heteroatoms. The molecule has 2 rings (SSSR count). The monoisotopic (exact) mass is 316 g/mol. The van der Waals surface area contributed by atoms with Crippen LogP contribution in [0, 0.1) is 5.92 Å². The Kier molecular flexibility index (Phi) is 5.65. The van der Waals surface area contributed by atoms with Crippen LogP contribution in [0.4, 0.5) is 0 Å². The summed E-state index contributed by atoms with van der Waals surface area (Å²) in [5.41, 5.74) is 1.46. The molecule has 0 heterocycles. The Labute approximate surface area is 124 Å². The van der Waals surface area contributed by atoms with Crippen molar-refractivity contribution in [3.63, 3.8) is 0 Å². The fourth-order valence-corrected chi connectivity index (χ4v) is 3.02. The highest BCUT2D eigenvalue weighted by Crippen LogP contribution is 2.24. The van der Waals surface area contributed by atoms with Crippen molar-refractivity contribution in [1.29, 1.82) is 0 Å². The second-order valence-electron chi connectivity index (χ2n) is 5.06. The van der Waals surface area contributed by atoms with Gasteiger partial charge in [0.1, 0.15) is 0 Å². The normalized spacial score (nSPS) is 13.2. The predicted molar refractivity (Wildman–Crippen MR) is 88.7 cm³/mol. The molecule has 0 radical (unpaired) electrons. The smallest absolute Gasteiger partial charge is 0.0152 e. The van der Waals surface area contributed by atoms with Crippen LogP contribution in [0.15, 0.2) is 53.5 Å². The first-order valence-corrected chi connectivity index (χ1v) is 8.00. The maximum atomic E-state index is 3.42. The van der Waals surface area contributed by atoms with Gasteiger partial charge in [-0.1, -0.05) is 84.2 Å². The fraction of sp³-hybridized carbons (Fsp3) is 0.333. The Morgan fingerprint density at radius 3 is 2.68 bits per heavy atom. The summed E-state index contributed by atoms with van der Waals surface area (Å²) < 4.78 is 0. The molecule has 2 aromatic rings. The van der Waals surface area contributed by atoms with Crippen molar-refractivity contribution in [3.05, 3.63) is 59.1 Å². The maximum absolute atomic E-state index is 3.42. The van der Waals surface area contributed by atoms with E-state index in [1.54, 1.807) is 0 Å². The zero-order valence-corrected chi connectivity index (χ0v) is 13.1. The topological polar surface area (TPSA) is 0 Å². The van der Waals surface area contributed by atoms with Crippen molar-refractivity contribution in [1.82, 2.24) is 0 Å². The minimum absolute atomic E-state index is 0.630. The van der Waals surface area contributed by atoms with Crippen LogP contribution < -0.4 is 0 Å². The Morgan fingerprint density at radius 2 is 1.89 bits per heavy atom. The highest BCUT2D eigenvalue weighted by Gasteiger charge is 2.08. The summed E-state index contributed by atoms with van der Waals surface area (Å²) >= 11 is 3.42. The molecule has 0 nitrogen and oxygen atoms in total. The van der Waals surface area contributed by atoms with Gasteiger partial charge in [-0.25, -0.2) is 0 Å². The quantitative estimate of drug-likeness (QED) is 0.604. The molecule has 0 N–H and O–H groups in total. The van der Waals surface area contributed by atoms with Crippen molar-refractivity contribution in [2.45, 2.75) is 32.6 Å². The van der Waals surface area contributed by atoms with Crippen LogP contribution in [0.3, 0.4) is 0 Å². The summed E-state index contributed by atoms with van der Waals surface area (Å²) in [6.45, 7) is 2.26. The second-order valence-corrected chi connectivity index (χ2v) is 5.59. The number of benzene rings is 2. The molecule has 0 amide bonds. The molecule has 0 aliphatic carbocycles. The molecular formula is C18H21Br. The first kappa shape index (κ1) is 14.3. The minimum atomic E-state index is 0.630. The van der Waals surface area contributed by atoms with Crippen LogP contribution in [0.25, 0.3) is 10.8 Å². The van der Waals surface area contributed by atoms with E-state index in [4.69, 9.17) is 0 Å². The van der Waals surface area contributed by atoms with Gasteiger partial charge in [0, 0.05) is 0 Å². The number of unbranched alkanes of at least 4 members (excludes halogenated alkanes) is 1. The predicted octanol–water partition coefficient (Wildman–Crippen LogP) is 6.10. The summed E-state index contributed by atoms with van der Waals surface area (Å²) in [4.78, 5) is 2.01. The van der Waals surface area contributed by atoms with Gasteiger partial charge >= 0.3 is 0 Å². The van der Waals surface area contributed by atoms with Crippen LogP contribution in [-0.4, -0.2) is 0 Å². The highest BCUT2D eigenvalue weighted by atomic mass is 79.9. The third kappa shape index (κ3) is 3.94. The molecule has 1 atom stereocenters. The SMILES string of the molecule is CCCCC(C=CBr)Cc1cccc2ccccc12. The summed E-state index contributed by atoms with van der Waals surface area (Å²) in [7, 11) is 0. The molecule has 0 saturated carbocycles. The van der Waals surface area contributed by atoms with E-state index in [0.717, 1.165) is 6.42 Å². The van der Waals surface area contributed by atoms with E-state index >= 15 is 0 Å². The van der Waals surface area contributed by atoms with Crippen molar-refractivity contribution in [2.75, 3.05) is 0 Å². The van der Waals surface area contributed by atoms with Crippen LogP contribution in [0.5, 0.6) is 0 Å². The average molecular weight is 317 g/mol. The Morgan fingerprint density at radius 1 is 1.11 bits per heavy atom. The molecule has 19 heavy (non-hydrogen) atoms. The van der Waals surface area contributed by atoms with Gasteiger partial charge in [-0.15, -0.1) is 0 Å². The number of hydrogen-bond acceptors (Lipinski definition) is 0. The van der Waals surface area contributed by atoms with Crippen molar-refractivity contribution in [3.8, 4) is 0 Å². The number of hydrogen-bond donors (Lipinski definition) is 0. The molecule has 0 spiro atoms. The molecule has 0 saturated heterocycles. The highest BCUT2D eigenvalue weighted by molar-refractivity contribution is 9.11. The Hall–Kier alpha value is -1.08. The van der Waals surface area contributed by atoms with Gasteiger partial charge in [-0.3, -0.25) is 0 Å². The zero-order chi connectivity index (χ0) is 13.5. The van der Waals surface area contributed by atoms with E-state index in [1.807, 2.05) is 4.99 Å². The van der Waals surface area contributed by atoms with E-state index in [0.29, 0.717) is 5.92 Å². The molecule has 0 aliphatic heterocycles. The van der Waals surface area contributed by atoms with Gasteiger partial charge in [0.2, 0.25) is 0 Å². The summed E-state index contributed by atoms with van der Waals surface area (Å²) in [6, 6.07) is 15.3. The largest absolute Gasteiger partial charge is 0.0742 e. The van der Waals surface area contributed by atoms with Gasteiger partial charge < -0.3 is 0 Å². The van der Waals surface area contributed by atoms with E-state index in [9.17, 15) is 0 Å². The third-order valence-electron chi connectivity index (χ3n) is 3.64. The van der Waals surface area contributed by atoms with E-state index < -0.39 is 0 Å². The molecule has 0 aromatic heterocycles. The Balaban J connectivity index is 2.23. The number of rotatable bonds is 6. The molecule has 0 bridgehead atoms. The van der Waals surface area contributed by atoms with E-state index in [-0.39, 0.29) is 0 Å². The second kappa shape index (κ2) is 7.49. The van der Waals surface area contributed by atoms with Crippen molar-refractivity contribution < 1.29 is 0 Å². The van der Waals surface area contributed by atoms with Crippen LogP contribution in [-0.2, 0) is 6.42 Å². The fourth-order valence-electron chi connectivity index (χ4n) is 2.59. The number of fused-ring (bicyclic) bond motifs is 1. The third-order valence-corrected chi connectivity index (χ3v) is 3.94. The zero-order valence-electron chi connectivity index (χ0n) is 11.5. The lowest BCUT2D eigenvalue weighted by Gasteiger charge is -2.14. The van der Waals surface area contributed by atoms with Gasteiger partial charge in [0.25, 0.3) is 0 Å². The summed E-state index contributed by atoms with van der Waals surface area (Å²) in [5.74, 6) is 0.630. The summed E-state index contributed by atoms with van der Waals surface area (Å²) in [6.07, 6.45) is 7.25. The van der Waals surface area contributed by atoms with Gasteiger partial charge in [0.15, 0.2) is 0 Å².